The lowest BCUT2D eigenvalue weighted by atomic mass is 10.2. The molecule has 1 aromatic carbocycles. The molecule has 0 aliphatic heterocycles. The maximum Gasteiger partial charge on any atom is 0.224 e. The predicted octanol–water partition coefficient (Wildman–Crippen LogP) is 7.81. The fraction of sp³-hybridized carbons (Fsp3) is 0.321. The predicted molar refractivity (Wildman–Crippen MR) is 134 cm³/mol. The van der Waals surface area contributed by atoms with Crippen molar-refractivity contribution >= 4 is 11.6 Å². The minimum absolute atomic E-state index is 0.0508. The lowest BCUT2D eigenvalue weighted by molar-refractivity contribution is -0.116. The van der Waals surface area contributed by atoms with Crippen molar-refractivity contribution in [2.24, 2.45) is 0 Å². The van der Waals surface area contributed by atoms with Crippen LogP contribution in [-0.2, 0) is 4.79 Å². The van der Waals surface area contributed by atoms with Crippen molar-refractivity contribution in [3.8, 4) is 5.75 Å². The number of nitrogens with one attached hydrogen (secondary N) is 1. The molecule has 0 heterocycles. The minimum Gasteiger partial charge on any atom is -0.508 e. The van der Waals surface area contributed by atoms with Gasteiger partial charge >= 0.3 is 0 Å². The van der Waals surface area contributed by atoms with E-state index in [2.05, 4.69) is 79.1 Å². The number of allylic oxidation sites excluding steroid dienone is 12. The highest BCUT2D eigenvalue weighted by molar-refractivity contribution is 5.90. The summed E-state index contributed by atoms with van der Waals surface area (Å²) in [6, 6.07) is 6.58. The number of carbonyl (C=O) groups excluding carboxylic acids is 1. The average Bonchev–Trinajstić information content (AvgIpc) is 2.75. The maximum atomic E-state index is 11.8. The van der Waals surface area contributed by atoms with Gasteiger partial charge in [-0.2, -0.15) is 0 Å². The van der Waals surface area contributed by atoms with Crippen LogP contribution in [0, 0.1) is 0 Å². The van der Waals surface area contributed by atoms with Crippen molar-refractivity contribution in [1.29, 1.82) is 0 Å². The van der Waals surface area contributed by atoms with Gasteiger partial charge in [0.1, 0.15) is 5.75 Å². The molecule has 0 radical (unpaired) electrons. The Hall–Kier alpha value is -3.07. The number of anilines is 1. The highest BCUT2D eigenvalue weighted by atomic mass is 16.3. The zero-order valence-electron chi connectivity index (χ0n) is 18.7. The molecule has 0 bridgehead atoms. The summed E-state index contributed by atoms with van der Waals surface area (Å²) in [4.78, 5) is 11.8. The number of phenolic OH excluding ortho intramolecular Hbond substituents is 1. The molecule has 1 aromatic rings. The lowest BCUT2D eigenvalue weighted by Crippen LogP contribution is -2.10. The number of hydrogen-bond acceptors (Lipinski definition) is 2. The van der Waals surface area contributed by atoms with Crippen LogP contribution in [0.1, 0.15) is 58.3 Å². The van der Waals surface area contributed by atoms with E-state index < -0.39 is 0 Å². The van der Waals surface area contributed by atoms with Crippen LogP contribution in [0.25, 0.3) is 0 Å². The SMILES string of the molecule is CC/C=C\C/C=C\C/C=C\C/C=C\C/C=C\C/C=C\CCC(=O)Nc1cccc(O)c1. The zero-order valence-corrected chi connectivity index (χ0v) is 18.7. The molecule has 0 aliphatic carbocycles. The van der Waals surface area contributed by atoms with Crippen LogP contribution < -0.4 is 5.32 Å². The third kappa shape index (κ3) is 16.4. The van der Waals surface area contributed by atoms with E-state index in [1.165, 1.54) is 6.07 Å². The first-order chi connectivity index (χ1) is 15.2. The summed E-state index contributed by atoms with van der Waals surface area (Å²) in [6.07, 6.45) is 33.0. The zero-order chi connectivity index (χ0) is 22.4. The van der Waals surface area contributed by atoms with Gasteiger partial charge in [0.15, 0.2) is 0 Å². The maximum absolute atomic E-state index is 11.8. The molecule has 0 aromatic heterocycles. The Morgan fingerprint density at radius 1 is 0.774 bits per heavy atom. The second-order valence-corrected chi connectivity index (χ2v) is 7.05. The van der Waals surface area contributed by atoms with E-state index in [9.17, 15) is 9.90 Å². The van der Waals surface area contributed by atoms with Gasteiger partial charge in [0.2, 0.25) is 5.91 Å². The smallest absolute Gasteiger partial charge is 0.224 e. The molecular weight excluding hydrogens is 382 g/mol. The summed E-state index contributed by atoms with van der Waals surface area (Å²) in [5.74, 6) is 0.0971. The Bertz CT molecular complexity index is 782. The number of phenols is 1. The Morgan fingerprint density at radius 3 is 1.74 bits per heavy atom. The molecule has 0 unspecified atom stereocenters. The molecule has 0 fully saturated rings. The normalized spacial score (nSPS) is 12.5. The van der Waals surface area contributed by atoms with Crippen LogP contribution in [0.5, 0.6) is 5.75 Å². The van der Waals surface area contributed by atoms with Gasteiger partial charge in [-0.1, -0.05) is 85.9 Å². The molecular formula is C28H37NO2. The van der Waals surface area contributed by atoms with Gasteiger partial charge < -0.3 is 10.4 Å². The summed E-state index contributed by atoms with van der Waals surface area (Å²) >= 11 is 0. The summed E-state index contributed by atoms with van der Waals surface area (Å²) in [5, 5.41) is 12.2. The summed E-state index contributed by atoms with van der Waals surface area (Å²) in [7, 11) is 0. The van der Waals surface area contributed by atoms with Gasteiger partial charge in [-0.25, -0.2) is 0 Å². The highest BCUT2D eigenvalue weighted by Crippen LogP contribution is 2.15. The molecule has 166 valence electrons. The van der Waals surface area contributed by atoms with Gasteiger partial charge in [0.05, 0.1) is 0 Å². The van der Waals surface area contributed by atoms with Gasteiger partial charge in [-0.3, -0.25) is 4.79 Å². The molecule has 1 rings (SSSR count). The molecule has 0 saturated heterocycles. The van der Waals surface area contributed by atoms with E-state index in [4.69, 9.17) is 0 Å². The van der Waals surface area contributed by atoms with Crippen molar-refractivity contribution in [2.45, 2.75) is 58.3 Å². The number of benzene rings is 1. The minimum atomic E-state index is -0.0508. The van der Waals surface area contributed by atoms with Crippen molar-refractivity contribution in [3.63, 3.8) is 0 Å². The summed E-state index contributed by atoms with van der Waals surface area (Å²) in [5.41, 5.74) is 0.618. The van der Waals surface area contributed by atoms with Crippen LogP contribution in [0.4, 0.5) is 5.69 Å². The van der Waals surface area contributed by atoms with Crippen LogP contribution in [0.2, 0.25) is 0 Å². The van der Waals surface area contributed by atoms with Gasteiger partial charge in [0, 0.05) is 18.2 Å². The van der Waals surface area contributed by atoms with E-state index in [0.29, 0.717) is 18.5 Å². The topological polar surface area (TPSA) is 49.3 Å². The van der Waals surface area contributed by atoms with Crippen LogP contribution >= 0.6 is 0 Å². The van der Waals surface area contributed by atoms with E-state index in [1.54, 1.807) is 18.2 Å². The fourth-order valence-electron chi connectivity index (χ4n) is 2.66. The molecule has 1 amide bonds. The van der Waals surface area contributed by atoms with E-state index in [1.807, 2.05) is 6.08 Å². The van der Waals surface area contributed by atoms with Crippen LogP contribution in [0.15, 0.2) is 97.2 Å². The van der Waals surface area contributed by atoms with Crippen LogP contribution in [0.3, 0.4) is 0 Å². The first-order valence-corrected chi connectivity index (χ1v) is 11.2. The van der Waals surface area contributed by atoms with Gasteiger partial charge in [-0.15, -0.1) is 0 Å². The van der Waals surface area contributed by atoms with Crippen molar-refractivity contribution in [1.82, 2.24) is 0 Å². The summed E-state index contributed by atoms with van der Waals surface area (Å²) < 4.78 is 0. The number of amides is 1. The van der Waals surface area contributed by atoms with E-state index in [0.717, 1.165) is 38.5 Å². The van der Waals surface area contributed by atoms with E-state index >= 15 is 0 Å². The number of rotatable bonds is 15. The summed E-state index contributed by atoms with van der Waals surface area (Å²) in [6.45, 7) is 2.15. The van der Waals surface area contributed by atoms with E-state index in [-0.39, 0.29) is 11.7 Å². The Labute approximate surface area is 188 Å². The molecule has 0 saturated carbocycles. The van der Waals surface area contributed by atoms with Crippen LogP contribution in [-0.4, -0.2) is 11.0 Å². The fourth-order valence-corrected chi connectivity index (χ4v) is 2.66. The second-order valence-electron chi connectivity index (χ2n) is 7.05. The van der Waals surface area contributed by atoms with Gasteiger partial charge in [0.25, 0.3) is 0 Å². The molecule has 3 heteroatoms. The first kappa shape index (κ1) is 26.0. The molecule has 0 aliphatic rings. The average molecular weight is 420 g/mol. The van der Waals surface area contributed by atoms with Crippen molar-refractivity contribution < 1.29 is 9.90 Å². The molecule has 2 N–H and O–H groups in total. The third-order valence-corrected chi connectivity index (χ3v) is 4.26. The Morgan fingerprint density at radius 2 is 1.26 bits per heavy atom. The second kappa shape index (κ2) is 18.9. The first-order valence-electron chi connectivity index (χ1n) is 11.2. The Balaban J connectivity index is 2.01. The quantitative estimate of drug-likeness (QED) is 0.285. The van der Waals surface area contributed by atoms with Gasteiger partial charge in [-0.05, 0) is 57.1 Å². The van der Waals surface area contributed by atoms with Crippen molar-refractivity contribution in [2.75, 3.05) is 5.32 Å². The molecule has 3 nitrogen and oxygen atoms in total. The molecule has 0 atom stereocenters. The number of hydrogen-bond donors (Lipinski definition) is 2. The molecule has 31 heavy (non-hydrogen) atoms. The number of carbonyl (C=O) groups is 1. The monoisotopic (exact) mass is 419 g/mol. The third-order valence-electron chi connectivity index (χ3n) is 4.26. The number of aromatic hydroxyl groups is 1. The Kier molecular flexibility index (Phi) is 15.9. The largest absolute Gasteiger partial charge is 0.508 e. The molecule has 0 spiro atoms. The van der Waals surface area contributed by atoms with Crippen molar-refractivity contribution in [3.05, 3.63) is 97.2 Å². The lowest BCUT2D eigenvalue weighted by Gasteiger charge is -2.04. The highest BCUT2D eigenvalue weighted by Gasteiger charge is 2.01. The standard InChI is InChI=1S/C28H37NO2/c1-2-3-4-5-6-7-8-9-10-11-12-13-14-15-16-17-18-19-20-24-28(31)29-26-22-21-23-27(30)25-26/h3-4,6-7,9-10,12-13,15-16,18-19,21-23,25,30H,2,5,8,11,14,17,20,24H2,1H3,(H,29,31)/b4-3-,7-6-,10-9-,13-12-,16-15-,19-18-.